The maximum atomic E-state index is 10.00. The van der Waals surface area contributed by atoms with Crippen molar-refractivity contribution in [3.8, 4) is 6.07 Å². The van der Waals surface area contributed by atoms with Crippen LogP contribution in [0.15, 0.2) is 48.5 Å². The second kappa shape index (κ2) is 8.97. The van der Waals surface area contributed by atoms with Gasteiger partial charge in [0.1, 0.15) is 11.9 Å². The number of benzene rings is 2. The summed E-state index contributed by atoms with van der Waals surface area (Å²) in [5, 5.41) is 14.4. The van der Waals surface area contributed by atoms with Crippen LogP contribution in [0.4, 0.5) is 5.82 Å². The summed E-state index contributed by atoms with van der Waals surface area (Å²) in [6.07, 6.45) is 1.64. The maximum absolute atomic E-state index is 10.00. The number of hydrogen-bond donors (Lipinski definition) is 1. The summed E-state index contributed by atoms with van der Waals surface area (Å²) in [5.41, 5.74) is 6.23. The molecule has 0 amide bonds. The summed E-state index contributed by atoms with van der Waals surface area (Å²) in [6.45, 7) is 3.83. The standard InChI is InChI=1S/C25H26ClN5/c1-17-19(15-18-9-4-5-10-21(18)26)24(28-13-8-14-30(2)3)31-23-12-7-6-11-22(23)29-25(31)20(17)16-27/h4-7,9-12,28H,8,13-15H2,1-3H3. The number of para-hydroxylation sites is 2. The van der Waals surface area contributed by atoms with Gasteiger partial charge in [0.25, 0.3) is 0 Å². The monoisotopic (exact) mass is 431 g/mol. The smallest absolute Gasteiger partial charge is 0.157 e. The number of aromatic nitrogens is 2. The second-order valence-electron chi connectivity index (χ2n) is 8.05. The summed E-state index contributed by atoms with van der Waals surface area (Å²) in [7, 11) is 4.16. The molecule has 2 heterocycles. The van der Waals surface area contributed by atoms with Gasteiger partial charge in [0.15, 0.2) is 5.65 Å². The minimum Gasteiger partial charge on any atom is -0.371 e. The van der Waals surface area contributed by atoms with Gasteiger partial charge in [0.05, 0.1) is 16.6 Å². The molecule has 2 aromatic carbocycles. The van der Waals surface area contributed by atoms with Gasteiger partial charge in [-0.05, 0) is 63.3 Å². The Labute approximate surface area is 187 Å². The molecule has 4 aromatic rings. The Balaban J connectivity index is 1.93. The number of pyridine rings is 1. The van der Waals surface area contributed by atoms with E-state index in [0.717, 1.165) is 58.1 Å². The van der Waals surface area contributed by atoms with Crippen LogP contribution in [0.2, 0.25) is 5.02 Å². The van der Waals surface area contributed by atoms with Crippen molar-refractivity contribution in [2.24, 2.45) is 0 Å². The van der Waals surface area contributed by atoms with Crippen molar-refractivity contribution in [3.05, 3.63) is 75.8 Å². The fourth-order valence-corrected chi connectivity index (χ4v) is 4.22. The molecule has 4 rings (SSSR count). The van der Waals surface area contributed by atoms with Crippen molar-refractivity contribution < 1.29 is 0 Å². The molecular weight excluding hydrogens is 406 g/mol. The molecule has 0 aliphatic carbocycles. The predicted molar refractivity (Wildman–Crippen MR) is 128 cm³/mol. The first-order valence-electron chi connectivity index (χ1n) is 10.5. The molecule has 31 heavy (non-hydrogen) atoms. The molecule has 0 atom stereocenters. The number of nitrogens with one attached hydrogen (secondary N) is 1. The quantitative estimate of drug-likeness (QED) is 0.405. The molecule has 158 valence electrons. The Morgan fingerprint density at radius 3 is 2.61 bits per heavy atom. The maximum Gasteiger partial charge on any atom is 0.157 e. The summed E-state index contributed by atoms with van der Waals surface area (Å²) in [6, 6.07) is 18.3. The third-order valence-electron chi connectivity index (χ3n) is 5.63. The molecule has 0 radical (unpaired) electrons. The molecule has 2 aromatic heterocycles. The van der Waals surface area contributed by atoms with Crippen LogP contribution >= 0.6 is 11.6 Å². The molecule has 1 N–H and O–H groups in total. The minimum absolute atomic E-state index is 0.608. The first-order valence-corrected chi connectivity index (χ1v) is 10.8. The largest absolute Gasteiger partial charge is 0.371 e. The lowest BCUT2D eigenvalue weighted by Crippen LogP contribution is -2.18. The van der Waals surface area contributed by atoms with Crippen LogP contribution in [0.25, 0.3) is 16.7 Å². The Morgan fingerprint density at radius 2 is 1.87 bits per heavy atom. The number of hydrogen-bond acceptors (Lipinski definition) is 4. The highest BCUT2D eigenvalue weighted by molar-refractivity contribution is 6.31. The normalized spacial score (nSPS) is 11.4. The van der Waals surface area contributed by atoms with Crippen LogP contribution in [0.3, 0.4) is 0 Å². The number of fused-ring (bicyclic) bond motifs is 3. The van der Waals surface area contributed by atoms with Crippen molar-refractivity contribution >= 4 is 34.1 Å². The highest BCUT2D eigenvalue weighted by Gasteiger charge is 2.21. The van der Waals surface area contributed by atoms with E-state index in [0.29, 0.717) is 17.6 Å². The molecule has 6 heteroatoms. The predicted octanol–water partition coefficient (Wildman–Crippen LogP) is 5.28. The first-order chi connectivity index (χ1) is 15.0. The van der Waals surface area contributed by atoms with Gasteiger partial charge in [0, 0.05) is 23.6 Å². The van der Waals surface area contributed by atoms with E-state index in [1.807, 2.05) is 49.4 Å². The zero-order valence-corrected chi connectivity index (χ0v) is 18.9. The molecular formula is C25H26ClN5. The molecule has 5 nitrogen and oxygen atoms in total. The molecule has 0 aliphatic rings. The zero-order chi connectivity index (χ0) is 22.0. The third-order valence-corrected chi connectivity index (χ3v) is 6.00. The summed E-state index contributed by atoms with van der Waals surface area (Å²) < 4.78 is 2.10. The average molecular weight is 432 g/mol. The summed E-state index contributed by atoms with van der Waals surface area (Å²) in [5.74, 6) is 0.985. The van der Waals surface area contributed by atoms with Gasteiger partial charge in [0.2, 0.25) is 0 Å². The number of nitriles is 1. The number of imidazole rings is 1. The highest BCUT2D eigenvalue weighted by atomic mass is 35.5. The summed E-state index contributed by atoms with van der Waals surface area (Å²) >= 11 is 6.50. The van der Waals surface area contributed by atoms with Crippen LogP contribution in [0.1, 0.15) is 28.7 Å². The van der Waals surface area contributed by atoms with Crippen LogP contribution in [-0.2, 0) is 6.42 Å². The van der Waals surface area contributed by atoms with E-state index in [1.165, 1.54) is 0 Å². The van der Waals surface area contributed by atoms with Crippen LogP contribution in [0.5, 0.6) is 0 Å². The van der Waals surface area contributed by atoms with Crippen molar-refractivity contribution in [2.75, 3.05) is 32.5 Å². The van der Waals surface area contributed by atoms with E-state index in [2.05, 4.69) is 40.8 Å². The number of halogens is 1. The lowest BCUT2D eigenvalue weighted by molar-refractivity contribution is 0.405. The number of nitrogens with zero attached hydrogens (tertiary/aromatic N) is 4. The van der Waals surface area contributed by atoms with Gasteiger partial charge in [-0.25, -0.2) is 4.98 Å². The minimum atomic E-state index is 0.608. The van der Waals surface area contributed by atoms with Crippen molar-refractivity contribution in [3.63, 3.8) is 0 Å². The number of rotatable bonds is 7. The van der Waals surface area contributed by atoms with Crippen LogP contribution in [-0.4, -0.2) is 41.5 Å². The van der Waals surface area contributed by atoms with Gasteiger partial charge in [-0.1, -0.05) is 41.9 Å². The van der Waals surface area contributed by atoms with E-state index in [-0.39, 0.29) is 0 Å². The highest BCUT2D eigenvalue weighted by Crippen LogP contribution is 2.33. The molecule has 0 fully saturated rings. The lowest BCUT2D eigenvalue weighted by atomic mass is 9.97. The van der Waals surface area contributed by atoms with E-state index in [4.69, 9.17) is 16.6 Å². The fraction of sp³-hybridized carbons (Fsp3) is 0.280. The lowest BCUT2D eigenvalue weighted by Gasteiger charge is -2.20. The van der Waals surface area contributed by atoms with Gasteiger partial charge in [-0.3, -0.25) is 4.40 Å². The molecule has 0 bridgehead atoms. The molecule has 0 unspecified atom stereocenters. The SMILES string of the molecule is Cc1c(Cc2ccccc2Cl)c(NCCCN(C)C)n2c(nc3ccccc32)c1C#N. The fourth-order valence-electron chi connectivity index (χ4n) is 4.02. The molecule has 0 saturated heterocycles. The number of anilines is 1. The first kappa shape index (κ1) is 21.2. The van der Waals surface area contributed by atoms with Gasteiger partial charge < -0.3 is 10.2 Å². The van der Waals surface area contributed by atoms with E-state index in [1.54, 1.807) is 0 Å². The van der Waals surface area contributed by atoms with Gasteiger partial charge >= 0.3 is 0 Å². The Hall–Kier alpha value is -3.07. The van der Waals surface area contributed by atoms with Crippen LogP contribution in [0, 0.1) is 18.3 Å². The summed E-state index contributed by atoms with van der Waals surface area (Å²) in [4.78, 5) is 6.97. The molecule has 0 aliphatic heterocycles. The Kier molecular flexibility index (Phi) is 6.13. The van der Waals surface area contributed by atoms with Crippen molar-refractivity contribution in [2.45, 2.75) is 19.8 Å². The Bertz CT molecular complexity index is 1280. The van der Waals surface area contributed by atoms with E-state index >= 15 is 0 Å². The molecule has 0 spiro atoms. The van der Waals surface area contributed by atoms with E-state index < -0.39 is 0 Å². The van der Waals surface area contributed by atoms with Crippen LogP contribution < -0.4 is 5.32 Å². The van der Waals surface area contributed by atoms with Crippen molar-refractivity contribution in [1.82, 2.24) is 14.3 Å². The van der Waals surface area contributed by atoms with Crippen molar-refractivity contribution in [1.29, 1.82) is 5.26 Å². The van der Waals surface area contributed by atoms with E-state index in [9.17, 15) is 5.26 Å². The zero-order valence-electron chi connectivity index (χ0n) is 18.1. The average Bonchev–Trinajstić information content (AvgIpc) is 3.13. The van der Waals surface area contributed by atoms with Gasteiger partial charge in [-0.15, -0.1) is 0 Å². The Morgan fingerprint density at radius 1 is 1.13 bits per heavy atom. The molecule has 0 saturated carbocycles. The second-order valence-corrected chi connectivity index (χ2v) is 8.46. The third kappa shape index (κ3) is 4.10. The van der Waals surface area contributed by atoms with Gasteiger partial charge in [-0.2, -0.15) is 5.26 Å². The topological polar surface area (TPSA) is 56.4 Å².